The van der Waals surface area contributed by atoms with E-state index in [4.69, 9.17) is 0 Å². The molecule has 0 saturated carbocycles. The van der Waals surface area contributed by atoms with Crippen molar-refractivity contribution in [1.29, 1.82) is 0 Å². The Balaban J connectivity index is 0.00000264. The largest absolute Gasteiger partial charge is 0.354 e. The standard InChI is InChI=1S/C18H29N3O.2ClH/c1-4-14-7-9-15(10-8-14)17(21(2)3)13-20-18(22)16-6-5-11-19-12-16;;/h7-10,16-17,19H,4-6,11-13H2,1-3H3,(H,20,22);2*1H. The van der Waals surface area contributed by atoms with E-state index in [1.807, 2.05) is 0 Å². The molecule has 24 heavy (non-hydrogen) atoms. The maximum Gasteiger partial charge on any atom is 0.224 e. The van der Waals surface area contributed by atoms with Crippen molar-refractivity contribution in [2.45, 2.75) is 32.2 Å². The highest BCUT2D eigenvalue weighted by Crippen LogP contribution is 2.19. The topological polar surface area (TPSA) is 44.4 Å². The highest BCUT2D eigenvalue weighted by atomic mass is 35.5. The van der Waals surface area contributed by atoms with Crippen LogP contribution >= 0.6 is 24.8 Å². The molecular weight excluding hydrogens is 345 g/mol. The van der Waals surface area contributed by atoms with Crippen molar-refractivity contribution in [2.24, 2.45) is 5.92 Å². The fourth-order valence-corrected chi connectivity index (χ4v) is 2.99. The lowest BCUT2D eigenvalue weighted by Crippen LogP contribution is -2.43. The molecule has 1 aromatic rings. The molecule has 138 valence electrons. The summed E-state index contributed by atoms with van der Waals surface area (Å²) < 4.78 is 0. The van der Waals surface area contributed by atoms with Gasteiger partial charge in [-0.15, -0.1) is 24.8 Å². The molecule has 4 nitrogen and oxygen atoms in total. The predicted molar refractivity (Wildman–Crippen MR) is 105 cm³/mol. The van der Waals surface area contributed by atoms with E-state index in [0.29, 0.717) is 6.54 Å². The molecule has 1 heterocycles. The van der Waals surface area contributed by atoms with Gasteiger partial charge in [0.25, 0.3) is 0 Å². The lowest BCUT2D eigenvalue weighted by Gasteiger charge is -2.27. The quantitative estimate of drug-likeness (QED) is 0.803. The Morgan fingerprint density at radius 1 is 1.29 bits per heavy atom. The second-order valence-corrected chi connectivity index (χ2v) is 6.36. The van der Waals surface area contributed by atoms with Crippen molar-refractivity contribution in [3.8, 4) is 0 Å². The third-order valence-electron chi connectivity index (χ3n) is 4.53. The van der Waals surface area contributed by atoms with Gasteiger partial charge in [-0.05, 0) is 51.0 Å². The van der Waals surface area contributed by atoms with E-state index in [-0.39, 0.29) is 42.7 Å². The van der Waals surface area contributed by atoms with Crippen LogP contribution < -0.4 is 10.6 Å². The summed E-state index contributed by atoms with van der Waals surface area (Å²) in [4.78, 5) is 14.5. The van der Waals surface area contributed by atoms with Gasteiger partial charge in [-0.1, -0.05) is 31.2 Å². The first-order valence-corrected chi connectivity index (χ1v) is 8.35. The summed E-state index contributed by atoms with van der Waals surface area (Å²) >= 11 is 0. The maximum absolute atomic E-state index is 12.3. The average Bonchev–Trinajstić information content (AvgIpc) is 2.56. The second kappa shape index (κ2) is 11.7. The number of nitrogens with zero attached hydrogens (tertiary/aromatic N) is 1. The third-order valence-corrected chi connectivity index (χ3v) is 4.53. The molecule has 1 aliphatic rings. The first kappa shape index (κ1) is 23.2. The van der Waals surface area contributed by atoms with Crippen molar-refractivity contribution in [1.82, 2.24) is 15.5 Å². The highest BCUT2D eigenvalue weighted by Gasteiger charge is 2.22. The summed E-state index contributed by atoms with van der Waals surface area (Å²) in [6.45, 7) is 4.67. The Morgan fingerprint density at radius 2 is 1.96 bits per heavy atom. The van der Waals surface area contributed by atoms with Gasteiger partial charge in [0.05, 0.1) is 12.0 Å². The zero-order chi connectivity index (χ0) is 15.9. The molecule has 0 aliphatic carbocycles. The maximum atomic E-state index is 12.3. The van der Waals surface area contributed by atoms with Crippen LogP contribution in [0.3, 0.4) is 0 Å². The van der Waals surface area contributed by atoms with Crippen molar-refractivity contribution < 1.29 is 4.79 Å². The number of rotatable bonds is 6. The number of carbonyl (C=O) groups excluding carboxylic acids is 1. The van der Waals surface area contributed by atoms with Crippen LogP contribution in [0.15, 0.2) is 24.3 Å². The Morgan fingerprint density at radius 3 is 2.46 bits per heavy atom. The number of aryl methyl sites for hydroxylation is 1. The first-order chi connectivity index (χ1) is 10.6. The normalized spacial score (nSPS) is 18.2. The fourth-order valence-electron chi connectivity index (χ4n) is 2.99. The van der Waals surface area contributed by atoms with Gasteiger partial charge >= 0.3 is 0 Å². The van der Waals surface area contributed by atoms with Crippen LogP contribution in [-0.4, -0.2) is 44.5 Å². The van der Waals surface area contributed by atoms with E-state index in [9.17, 15) is 4.79 Å². The number of hydrogen-bond donors (Lipinski definition) is 2. The number of amides is 1. The first-order valence-electron chi connectivity index (χ1n) is 8.35. The molecule has 2 atom stereocenters. The van der Waals surface area contributed by atoms with Gasteiger partial charge in [0.1, 0.15) is 0 Å². The van der Waals surface area contributed by atoms with Crippen LogP contribution in [0.4, 0.5) is 0 Å². The van der Waals surface area contributed by atoms with Crippen molar-refractivity contribution in [3.05, 3.63) is 35.4 Å². The van der Waals surface area contributed by atoms with E-state index < -0.39 is 0 Å². The molecule has 2 rings (SSSR count). The summed E-state index contributed by atoms with van der Waals surface area (Å²) in [7, 11) is 4.12. The number of piperidine rings is 1. The number of halogens is 2. The van der Waals surface area contributed by atoms with Crippen LogP contribution in [0.25, 0.3) is 0 Å². The summed E-state index contributed by atoms with van der Waals surface area (Å²) in [5.41, 5.74) is 2.60. The molecule has 0 spiro atoms. The van der Waals surface area contributed by atoms with Gasteiger partial charge in [-0.2, -0.15) is 0 Å². The van der Waals surface area contributed by atoms with Gasteiger partial charge < -0.3 is 15.5 Å². The molecule has 0 bridgehead atoms. The minimum atomic E-state index is 0. The van der Waals surface area contributed by atoms with E-state index in [2.05, 4.69) is 60.8 Å². The number of carbonyl (C=O) groups is 1. The Kier molecular flexibility index (Phi) is 11.3. The Bertz CT molecular complexity index is 474. The fraction of sp³-hybridized carbons (Fsp3) is 0.611. The predicted octanol–water partition coefficient (Wildman–Crippen LogP) is 2.81. The van der Waals surface area contributed by atoms with Gasteiger partial charge in [0, 0.05) is 13.1 Å². The third kappa shape index (κ3) is 6.60. The van der Waals surface area contributed by atoms with Crippen LogP contribution in [0.5, 0.6) is 0 Å². The van der Waals surface area contributed by atoms with Gasteiger partial charge in [-0.3, -0.25) is 4.79 Å². The minimum Gasteiger partial charge on any atom is -0.354 e. The zero-order valence-corrected chi connectivity index (χ0v) is 16.5. The molecule has 2 unspecified atom stereocenters. The summed E-state index contributed by atoms with van der Waals surface area (Å²) in [6, 6.07) is 8.93. The van der Waals surface area contributed by atoms with Crippen LogP contribution in [0, 0.1) is 5.92 Å². The number of hydrogen-bond acceptors (Lipinski definition) is 3. The molecule has 6 heteroatoms. The lowest BCUT2D eigenvalue weighted by atomic mass is 9.98. The molecule has 0 aromatic heterocycles. The molecule has 1 aromatic carbocycles. The molecule has 1 fully saturated rings. The Hall–Kier alpha value is -0.810. The number of nitrogens with one attached hydrogen (secondary N) is 2. The molecular formula is C18H31Cl2N3O. The van der Waals surface area contributed by atoms with Crippen LogP contribution in [-0.2, 0) is 11.2 Å². The van der Waals surface area contributed by atoms with Crippen LogP contribution in [0.2, 0.25) is 0 Å². The SMILES string of the molecule is CCc1ccc(C(CNC(=O)C2CCCNC2)N(C)C)cc1.Cl.Cl. The van der Waals surface area contributed by atoms with Gasteiger partial charge in [0.15, 0.2) is 0 Å². The van der Waals surface area contributed by atoms with E-state index in [1.54, 1.807) is 0 Å². The highest BCUT2D eigenvalue weighted by molar-refractivity contribution is 5.85. The molecule has 0 radical (unpaired) electrons. The average molecular weight is 376 g/mol. The summed E-state index contributed by atoms with van der Waals surface area (Å²) in [6.07, 6.45) is 3.14. The Labute approximate surface area is 158 Å². The lowest BCUT2D eigenvalue weighted by molar-refractivity contribution is -0.125. The summed E-state index contributed by atoms with van der Waals surface area (Å²) in [5, 5.41) is 6.44. The van der Waals surface area contributed by atoms with Gasteiger partial charge in [-0.25, -0.2) is 0 Å². The number of likely N-dealkylation sites (N-methyl/N-ethyl adjacent to an activating group) is 1. The monoisotopic (exact) mass is 375 g/mol. The van der Waals surface area contributed by atoms with E-state index >= 15 is 0 Å². The van der Waals surface area contributed by atoms with Crippen molar-refractivity contribution in [2.75, 3.05) is 33.7 Å². The van der Waals surface area contributed by atoms with Gasteiger partial charge in [0.2, 0.25) is 5.91 Å². The van der Waals surface area contributed by atoms with Crippen molar-refractivity contribution in [3.63, 3.8) is 0 Å². The second-order valence-electron chi connectivity index (χ2n) is 6.36. The van der Waals surface area contributed by atoms with Crippen molar-refractivity contribution >= 4 is 30.7 Å². The van der Waals surface area contributed by atoms with E-state index in [0.717, 1.165) is 32.4 Å². The zero-order valence-electron chi connectivity index (χ0n) is 14.9. The smallest absolute Gasteiger partial charge is 0.224 e. The molecule has 2 N–H and O–H groups in total. The summed E-state index contributed by atoms with van der Waals surface area (Å²) in [5.74, 6) is 0.309. The molecule has 1 aliphatic heterocycles. The molecule has 1 amide bonds. The minimum absolute atomic E-state index is 0. The number of benzene rings is 1. The van der Waals surface area contributed by atoms with Crippen LogP contribution in [0.1, 0.15) is 36.9 Å². The van der Waals surface area contributed by atoms with E-state index in [1.165, 1.54) is 11.1 Å². The molecule has 1 saturated heterocycles.